The summed E-state index contributed by atoms with van der Waals surface area (Å²) in [6.45, 7) is 5.70. The number of ether oxygens (including phenoxy) is 1. The number of para-hydroxylation sites is 1. The number of rotatable bonds is 1. The fraction of sp³-hybridized carbons (Fsp3) is 0.529. The van der Waals surface area contributed by atoms with Crippen molar-refractivity contribution < 1.29 is 19.4 Å². The molecule has 1 aromatic rings. The van der Waals surface area contributed by atoms with Crippen molar-refractivity contribution >= 4 is 17.7 Å². The molecule has 0 radical (unpaired) electrons. The number of hydrogen-bond donors (Lipinski definition) is 2. The molecule has 0 aromatic heterocycles. The third-order valence-electron chi connectivity index (χ3n) is 4.33. The zero-order chi connectivity index (χ0) is 16.8. The number of piperidine rings is 1. The summed E-state index contributed by atoms with van der Waals surface area (Å²) in [4.78, 5) is 25.7. The van der Waals surface area contributed by atoms with Gasteiger partial charge in [0.1, 0.15) is 11.6 Å². The van der Waals surface area contributed by atoms with Gasteiger partial charge in [-0.15, -0.1) is 0 Å². The van der Waals surface area contributed by atoms with E-state index >= 15 is 0 Å². The van der Waals surface area contributed by atoms with Gasteiger partial charge in [0.2, 0.25) is 0 Å². The second-order valence-corrected chi connectivity index (χ2v) is 7.11. The molecule has 2 aliphatic heterocycles. The third-order valence-corrected chi connectivity index (χ3v) is 4.33. The minimum Gasteiger partial charge on any atom is -0.480 e. The van der Waals surface area contributed by atoms with Crippen molar-refractivity contribution in [3.05, 3.63) is 29.8 Å². The normalized spacial score (nSPS) is 26.0. The van der Waals surface area contributed by atoms with Gasteiger partial charge in [-0.1, -0.05) is 18.2 Å². The Hall–Kier alpha value is -2.24. The average Bonchev–Trinajstić information content (AvgIpc) is 2.82. The highest BCUT2D eigenvalue weighted by atomic mass is 16.6. The number of hydrogen-bond acceptors (Lipinski definition) is 4. The lowest BCUT2D eigenvalue weighted by Gasteiger charge is -2.40. The molecule has 2 aliphatic rings. The standard InChI is InChI=1S/C17H22N2O4/c1-17(2,3)23-16(22)19-9-8-12-13(14(19)15(20)21)10-6-4-5-7-11(10)18-12/h4-7,12-14,18H,8-9H2,1-3H3,(H,20,21). The molecule has 0 bridgehead atoms. The van der Waals surface area contributed by atoms with Gasteiger partial charge in [0.05, 0.1) is 0 Å². The molecular formula is C17H22N2O4. The molecule has 0 aliphatic carbocycles. The van der Waals surface area contributed by atoms with Crippen LogP contribution in [-0.2, 0) is 9.53 Å². The van der Waals surface area contributed by atoms with Crippen molar-refractivity contribution in [2.75, 3.05) is 11.9 Å². The number of nitrogens with one attached hydrogen (secondary N) is 1. The highest BCUT2D eigenvalue weighted by Crippen LogP contribution is 2.43. The Labute approximate surface area is 135 Å². The predicted octanol–water partition coefficient (Wildman–Crippen LogP) is 2.66. The number of carboxylic acids is 1. The predicted molar refractivity (Wildman–Crippen MR) is 85.6 cm³/mol. The molecule has 124 valence electrons. The Morgan fingerprint density at radius 1 is 1.30 bits per heavy atom. The van der Waals surface area contributed by atoms with Crippen LogP contribution in [0.25, 0.3) is 0 Å². The molecule has 0 saturated carbocycles. The summed E-state index contributed by atoms with van der Waals surface area (Å²) < 4.78 is 5.40. The van der Waals surface area contributed by atoms with Crippen LogP contribution in [0.3, 0.4) is 0 Å². The average molecular weight is 318 g/mol. The Bertz CT molecular complexity index is 638. The number of benzene rings is 1. The molecule has 1 saturated heterocycles. The molecule has 6 nitrogen and oxygen atoms in total. The van der Waals surface area contributed by atoms with Gasteiger partial charge < -0.3 is 15.2 Å². The van der Waals surface area contributed by atoms with Crippen LogP contribution in [0.5, 0.6) is 0 Å². The molecule has 3 rings (SSSR count). The van der Waals surface area contributed by atoms with Crippen molar-refractivity contribution in [2.24, 2.45) is 0 Å². The van der Waals surface area contributed by atoms with E-state index in [0.717, 1.165) is 11.3 Å². The van der Waals surface area contributed by atoms with Crippen LogP contribution in [0.1, 0.15) is 38.7 Å². The number of carbonyl (C=O) groups excluding carboxylic acids is 1. The number of likely N-dealkylation sites (tertiary alicyclic amines) is 1. The number of fused-ring (bicyclic) bond motifs is 3. The van der Waals surface area contributed by atoms with Gasteiger partial charge in [-0.2, -0.15) is 0 Å². The first kappa shape index (κ1) is 15.6. The highest BCUT2D eigenvalue weighted by molar-refractivity contribution is 5.83. The minimum atomic E-state index is -0.996. The molecule has 23 heavy (non-hydrogen) atoms. The van der Waals surface area contributed by atoms with Gasteiger partial charge in [0.25, 0.3) is 0 Å². The van der Waals surface area contributed by atoms with Gasteiger partial charge in [-0.3, -0.25) is 4.90 Å². The van der Waals surface area contributed by atoms with Crippen molar-refractivity contribution in [2.45, 2.75) is 50.8 Å². The summed E-state index contributed by atoms with van der Waals surface area (Å²) in [6.07, 6.45) is 0.135. The Morgan fingerprint density at radius 2 is 2.00 bits per heavy atom. The van der Waals surface area contributed by atoms with Crippen LogP contribution < -0.4 is 5.32 Å². The number of anilines is 1. The number of amides is 1. The molecule has 3 atom stereocenters. The first-order chi connectivity index (χ1) is 10.8. The molecule has 6 heteroatoms. The molecule has 1 aromatic carbocycles. The number of carboxylic acid groups (broad SMARTS) is 1. The van der Waals surface area contributed by atoms with E-state index in [1.807, 2.05) is 24.3 Å². The first-order valence-electron chi connectivity index (χ1n) is 7.86. The zero-order valence-electron chi connectivity index (χ0n) is 13.6. The number of nitrogens with zero attached hydrogens (tertiary/aromatic N) is 1. The Morgan fingerprint density at radius 3 is 2.65 bits per heavy atom. The Balaban J connectivity index is 1.93. The van der Waals surface area contributed by atoms with Crippen molar-refractivity contribution in [1.82, 2.24) is 4.90 Å². The number of aliphatic carboxylic acids is 1. The second-order valence-electron chi connectivity index (χ2n) is 7.11. The SMILES string of the molecule is CC(C)(C)OC(=O)N1CCC2Nc3ccccc3C2C1C(=O)O. The maximum absolute atomic E-state index is 12.4. The number of carbonyl (C=O) groups is 2. The summed E-state index contributed by atoms with van der Waals surface area (Å²) >= 11 is 0. The fourth-order valence-corrected chi connectivity index (χ4v) is 3.49. The molecule has 3 unspecified atom stereocenters. The summed E-state index contributed by atoms with van der Waals surface area (Å²) in [7, 11) is 0. The zero-order valence-corrected chi connectivity index (χ0v) is 13.6. The van der Waals surface area contributed by atoms with Crippen molar-refractivity contribution in [1.29, 1.82) is 0 Å². The van der Waals surface area contributed by atoms with E-state index < -0.39 is 23.7 Å². The van der Waals surface area contributed by atoms with E-state index in [1.165, 1.54) is 4.90 Å². The summed E-state index contributed by atoms with van der Waals surface area (Å²) in [5.41, 5.74) is 1.26. The first-order valence-corrected chi connectivity index (χ1v) is 7.86. The molecule has 2 heterocycles. The van der Waals surface area contributed by atoms with Crippen LogP contribution in [0.15, 0.2) is 24.3 Å². The maximum Gasteiger partial charge on any atom is 0.411 e. The van der Waals surface area contributed by atoms with Gasteiger partial charge in [-0.05, 0) is 38.8 Å². The second kappa shape index (κ2) is 5.44. The molecule has 2 N–H and O–H groups in total. The van der Waals surface area contributed by atoms with E-state index in [2.05, 4.69) is 5.32 Å². The maximum atomic E-state index is 12.4. The molecule has 1 fully saturated rings. The summed E-state index contributed by atoms with van der Waals surface area (Å²) in [6, 6.07) is 6.82. The van der Waals surface area contributed by atoms with Gasteiger partial charge in [-0.25, -0.2) is 9.59 Å². The fourth-order valence-electron chi connectivity index (χ4n) is 3.49. The van der Waals surface area contributed by atoms with E-state index in [0.29, 0.717) is 13.0 Å². The van der Waals surface area contributed by atoms with E-state index in [1.54, 1.807) is 20.8 Å². The van der Waals surface area contributed by atoms with Gasteiger partial charge >= 0.3 is 12.1 Å². The lowest BCUT2D eigenvalue weighted by Crippen LogP contribution is -2.56. The summed E-state index contributed by atoms with van der Waals surface area (Å²) in [5.74, 6) is -1.26. The van der Waals surface area contributed by atoms with Gasteiger partial charge in [0, 0.05) is 24.2 Å². The third kappa shape index (κ3) is 2.85. The highest BCUT2D eigenvalue weighted by Gasteiger charge is 2.49. The lowest BCUT2D eigenvalue weighted by molar-refractivity contribution is -0.145. The monoisotopic (exact) mass is 318 g/mol. The van der Waals surface area contributed by atoms with Crippen LogP contribution in [0.4, 0.5) is 10.5 Å². The quantitative estimate of drug-likeness (QED) is 0.832. The smallest absolute Gasteiger partial charge is 0.411 e. The minimum absolute atomic E-state index is 0.0344. The topological polar surface area (TPSA) is 78.9 Å². The largest absolute Gasteiger partial charge is 0.480 e. The van der Waals surface area contributed by atoms with Crippen LogP contribution in [-0.4, -0.2) is 46.3 Å². The van der Waals surface area contributed by atoms with E-state index in [9.17, 15) is 14.7 Å². The molecule has 0 spiro atoms. The van der Waals surface area contributed by atoms with E-state index in [4.69, 9.17) is 4.74 Å². The lowest BCUT2D eigenvalue weighted by atomic mass is 9.82. The van der Waals surface area contributed by atoms with Crippen LogP contribution in [0, 0.1) is 0 Å². The van der Waals surface area contributed by atoms with Gasteiger partial charge in [0.15, 0.2) is 0 Å². The summed E-state index contributed by atoms with van der Waals surface area (Å²) in [5, 5.41) is 13.1. The van der Waals surface area contributed by atoms with Crippen LogP contribution >= 0.6 is 0 Å². The molecule has 1 amide bonds. The molecular weight excluding hydrogens is 296 g/mol. The van der Waals surface area contributed by atoms with Crippen molar-refractivity contribution in [3.63, 3.8) is 0 Å². The van der Waals surface area contributed by atoms with Crippen LogP contribution in [0.2, 0.25) is 0 Å². The van der Waals surface area contributed by atoms with Crippen molar-refractivity contribution in [3.8, 4) is 0 Å². The van der Waals surface area contributed by atoms with E-state index in [-0.39, 0.29) is 12.0 Å². The Kier molecular flexibility index (Phi) is 3.70.